The third-order valence-corrected chi connectivity index (χ3v) is 3.09. The highest BCUT2D eigenvalue weighted by Crippen LogP contribution is 2.20. The summed E-state index contributed by atoms with van der Waals surface area (Å²) >= 11 is 0. The predicted molar refractivity (Wildman–Crippen MR) is 83.7 cm³/mol. The number of halogens is 1. The molecule has 1 aromatic heterocycles. The summed E-state index contributed by atoms with van der Waals surface area (Å²) in [5.74, 6) is -0.659. The van der Waals surface area contributed by atoms with Gasteiger partial charge in [-0.2, -0.15) is 0 Å². The van der Waals surface area contributed by atoms with Crippen LogP contribution >= 0.6 is 0 Å². The fourth-order valence-electron chi connectivity index (χ4n) is 2.03. The number of carbonyl (C=O) groups excluding carboxylic acids is 1. The first-order chi connectivity index (χ1) is 11.0. The number of benzene rings is 1. The minimum Gasteiger partial charge on any atom is -0.491 e. The lowest BCUT2D eigenvalue weighted by atomic mass is 10.1. The summed E-state index contributed by atoms with van der Waals surface area (Å²) in [6.07, 6.45) is 1.41. The summed E-state index contributed by atoms with van der Waals surface area (Å²) < 4.78 is 19.0. The van der Waals surface area contributed by atoms with Gasteiger partial charge in [0.25, 0.3) is 5.91 Å². The molecule has 0 aliphatic heterocycles. The molecular weight excluding hydrogens is 299 g/mol. The maximum atomic E-state index is 13.5. The second-order valence-corrected chi connectivity index (χ2v) is 5.32. The van der Waals surface area contributed by atoms with Gasteiger partial charge in [-0.3, -0.25) is 9.78 Å². The molecule has 0 bridgehead atoms. The summed E-state index contributed by atoms with van der Waals surface area (Å²) in [7, 11) is 0. The number of rotatable bonds is 6. The van der Waals surface area contributed by atoms with Gasteiger partial charge in [-0.05, 0) is 37.6 Å². The van der Waals surface area contributed by atoms with Gasteiger partial charge in [0.1, 0.15) is 5.75 Å². The van der Waals surface area contributed by atoms with Gasteiger partial charge in [-0.25, -0.2) is 4.39 Å². The van der Waals surface area contributed by atoms with Crippen molar-refractivity contribution in [3.05, 3.63) is 59.7 Å². The topological polar surface area (TPSA) is 71.5 Å². The second kappa shape index (κ2) is 7.69. The molecule has 6 heteroatoms. The molecule has 1 atom stereocenters. The Balaban J connectivity index is 1.98. The second-order valence-electron chi connectivity index (χ2n) is 5.32. The molecular formula is C17H19FN2O3. The molecule has 2 rings (SSSR count). The third kappa shape index (κ3) is 4.75. The highest BCUT2D eigenvalue weighted by atomic mass is 19.1. The fourth-order valence-corrected chi connectivity index (χ4v) is 2.03. The van der Waals surface area contributed by atoms with Crippen LogP contribution in [0.5, 0.6) is 5.75 Å². The largest absolute Gasteiger partial charge is 0.491 e. The van der Waals surface area contributed by atoms with Crippen LogP contribution in [0, 0.1) is 5.82 Å². The normalized spacial score (nSPS) is 12.0. The van der Waals surface area contributed by atoms with Crippen molar-refractivity contribution < 1.29 is 19.0 Å². The molecule has 0 radical (unpaired) electrons. The number of ether oxygens (including phenoxy) is 1. The zero-order chi connectivity index (χ0) is 16.8. The minimum absolute atomic E-state index is 0.0248. The number of aliphatic hydroxyl groups excluding tert-OH is 1. The smallest absolute Gasteiger partial charge is 0.254 e. The van der Waals surface area contributed by atoms with Crippen LogP contribution in [0.4, 0.5) is 4.39 Å². The first kappa shape index (κ1) is 16.9. The molecule has 0 spiro atoms. The van der Waals surface area contributed by atoms with Gasteiger partial charge in [0.05, 0.1) is 24.0 Å². The molecule has 122 valence electrons. The van der Waals surface area contributed by atoms with E-state index in [0.29, 0.717) is 11.3 Å². The highest BCUT2D eigenvalue weighted by Gasteiger charge is 2.14. The van der Waals surface area contributed by atoms with Gasteiger partial charge in [0, 0.05) is 12.7 Å². The molecule has 5 nitrogen and oxygen atoms in total. The average molecular weight is 318 g/mol. The standard InChI is InChI=1S/C17H19FN2O3/c1-11(2)23-13-5-3-4-12(8-13)16(21)10-20-17(22)14-6-7-19-9-15(14)18/h3-9,11,16,21H,10H2,1-2H3,(H,20,22). The van der Waals surface area contributed by atoms with Crippen molar-refractivity contribution in [1.82, 2.24) is 10.3 Å². The zero-order valence-corrected chi connectivity index (χ0v) is 13.0. The van der Waals surface area contributed by atoms with E-state index in [2.05, 4.69) is 10.3 Å². The van der Waals surface area contributed by atoms with Gasteiger partial charge in [0.15, 0.2) is 5.82 Å². The Morgan fingerprint density at radius 3 is 2.87 bits per heavy atom. The quantitative estimate of drug-likeness (QED) is 0.858. The minimum atomic E-state index is -0.917. The monoisotopic (exact) mass is 318 g/mol. The van der Waals surface area contributed by atoms with Crippen LogP contribution in [-0.2, 0) is 0 Å². The molecule has 2 aromatic rings. The Hall–Kier alpha value is -2.47. The molecule has 2 N–H and O–H groups in total. The first-order valence-electron chi connectivity index (χ1n) is 7.29. The molecule has 1 heterocycles. The van der Waals surface area contributed by atoms with Crippen LogP contribution in [0.1, 0.15) is 35.9 Å². The molecule has 0 saturated heterocycles. The van der Waals surface area contributed by atoms with Crippen LogP contribution in [0.3, 0.4) is 0 Å². The van der Waals surface area contributed by atoms with Crippen molar-refractivity contribution in [3.8, 4) is 5.75 Å². The van der Waals surface area contributed by atoms with Crippen molar-refractivity contribution in [3.63, 3.8) is 0 Å². The number of hydrogen-bond donors (Lipinski definition) is 2. The van der Waals surface area contributed by atoms with E-state index in [0.717, 1.165) is 6.20 Å². The predicted octanol–water partition coefficient (Wildman–Crippen LogP) is 2.47. The summed E-state index contributed by atoms with van der Waals surface area (Å²) in [5.41, 5.74) is 0.503. The van der Waals surface area contributed by atoms with Crippen molar-refractivity contribution >= 4 is 5.91 Å². The van der Waals surface area contributed by atoms with Crippen molar-refractivity contribution in [1.29, 1.82) is 0 Å². The maximum absolute atomic E-state index is 13.5. The number of hydrogen-bond acceptors (Lipinski definition) is 4. The summed E-state index contributed by atoms with van der Waals surface area (Å²) in [6.45, 7) is 3.78. The average Bonchev–Trinajstić information content (AvgIpc) is 2.52. The molecule has 1 amide bonds. The van der Waals surface area contributed by atoms with Crippen LogP contribution in [0.2, 0.25) is 0 Å². The van der Waals surface area contributed by atoms with Gasteiger partial charge < -0.3 is 15.2 Å². The van der Waals surface area contributed by atoms with Crippen LogP contribution in [0.25, 0.3) is 0 Å². The van der Waals surface area contributed by atoms with E-state index in [-0.39, 0.29) is 18.2 Å². The lowest BCUT2D eigenvalue weighted by molar-refractivity contribution is 0.0912. The summed E-state index contributed by atoms with van der Waals surface area (Å²) in [6, 6.07) is 8.29. The number of carbonyl (C=O) groups is 1. The Kier molecular flexibility index (Phi) is 5.65. The maximum Gasteiger partial charge on any atom is 0.254 e. The van der Waals surface area contributed by atoms with E-state index >= 15 is 0 Å². The highest BCUT2D eigenvalue weighted by molar-refractivity contribution is 5.94. The van der Waals surface area contributed by atoms with Crippen molar-refractivity contribution in [2.24, 2.45) is 0 Å². The molecule has 0 saturated carbocycles. The van der Waals surface area contributed by atoms with E-state index in [4.69, 9.17) is 4.74 Å². The molecule has 1 unspecified atom stereocenters. The molecule has 0 aliphatic carbocycles. The Labute approximate surface area is 134 Å². The SMILES string of the molecule is CC(C)Oc1cccc(C(O)CNC(=O)c2ccncc2F)c1. The molecule has 0 fully saturated rings. The number of aromatic nitrogens is 1. The molecule has 1 aromatic carbocycles. The first-order valence-corrected chi connectivity index (χ1v) is 7.29. The summed E-state index contributed by atoms with van der Waals surface area (Å²) in [5, 5.41) is 12.7. The third-order valence-electron chi connectivity index (χ3n) is 3.09. The molecule has 0 aliphatic rings. The Morgan fingerprint density at radius 1 is 1.39 bits per heavy atom. The lowest BCUT2D eigenvalue weighted by Crippen LogP contribution is -2.29. The van der Waals surface area contributed by atoms with Crippen LogP contribution in [0.15, 0.2) is 42.7 Å². The van der Waals surface area contributed by atoms with Gasteiger partial charge >= 0.3 is 0 Å². The van der Waals surface area contributed by atoms with Gasteiger partial charge in [-0.1, -0.05) is 12.1 Å². The summed E-state index contributed by atoms with van der Waals surface area (Å²) in [4.78, 5) is 15.5. The number of pyridine rings is 1. The number of amides is 1. The number of aliphatic hydroxyl groups is 1. The van der Waals surface area contributed by atoms with E-state index in [1.54, 1.807) is 24.3 Å². The Morgan fingerprint density at radius 2 is 2.17 bits per heavy atom. The van der Waals surface area contributed by atoms with Crippen LogP contribution < -0.4 is 10.1 Å². The van der Waals surface area contributed by atoms with Crippen LogP contribution in [-0.4, -0.2) is 28.6 Å². The molecule has 23 heavy (non-hydrogen) atoms. The van der Waals surface area contributed by atoms with E-state index in [1.165, 1.54) is 12.3 Å². The van der Waals surface area contributed by atoms with Gasteiger partial charge in [0.2, 0.25) is 0 Å². The lowest BCUT2D eigenvalue weighted by Gasteiger charge is -2.15. The van der Waals surface area contributed by atoms with E-state index in [1.807, 2.05) is 13.8 Å². The van der Waals surface area contributed by atoms with Crippen molar-refractivity contribution in [2.75, 3.05) is 6.54 Å². The zero-order valence-electron chi connectivity index (χ0n) is 13.0. The fraction of sp³-hybridized carbons (Fsp3) is 0.294. The van der Waals surface area contributed by atoms with E-state index in [9.17, 15) is 14.3 Å². The Bertz CT molecular complexity index is 676. The van der Waals surface area contributed by atoms with Crippen molar-refractivity contribution in [2.45, 2.75) is 26.1 Å². The van der Waals surface area contributed by atoms with E-state index < -0.39 is 17.8 Å². The van der Waals surface area contributed by atoms with Gasteiger partial charge in [-0.15, -0.1) is 0 Å². The number of nitrogens with one attached hydrogen (secondary N) is 1. The number of nitrogens with zero attached hydrogens (tertiary/aromatic N) is 1.